The Morgan fingerprint density at radius 3 is 2.47 bits per heavy atom. The summed E-state index contributed by atoms with van der Waals surface area (Å²) in [5.74, 6) is 1.08. The number of ketones is 1. The molecule has 1 aromatic rings. The number of benzene rings is 1. The molecule has 0 spiro atoms. The van der Waals surface area contributed by atoms with Crippen molar-refractivity contribution in [1.82, 2.24) is 0 Å². The average molecular weight is 234 g/mol. The van der Waals surface area contributed by atoms with Gasteiger partial charge in [-0.3, -0.25) is 4.79 Å². The highest BCUT2D eigenvalue weighted by Gasteiger charge is 2.14. The second kappa shape index (κ2) is 5.85. The van der Waals surface area contributed by atoms with Gasteiger partial charge < -0.3 is 4.74 Å². The number of Topliss-reactive ketones (excluding diaryl/α,β-unsaturated/α-hetero) is 1. The van der Waals surface area contributed by atoms with Crippen molar-refractivity contribution in [3.05, 3.63) is 29.8 Å². The molecule has 0 fully saturated rings. The maximum atomic E-state index is 11.9. The Morgan fingerprint density at radius 1 is 1.24 bits per heavy atom. The first kappa shape index (κ1) is 13.8. The smallest absolute Gasteiger partial charge is 0.137 e. The molecule has 0 N–H and O–H groups in total. The lowest BCUT2D eigenvalue weighted by molar-refractivity contribution is -0.118. The van der Waals surface area contributed by atoms with Gasteiger partial charge in [-0.25, -0.2) is 0 Å². The van der Waals surface area contributed by atoms with Crippen LogP contribution in [0.25, 0.3) is 0 Å². The molecule has 0 aromatic heterocycles. The Labute approximate surface area is 104 Å². The molecule has 0 radical (unpaired) electrons. The minimum atomic E-state index is 0.219. The molecule has 0 unspecified atom stereocenters. The summed E-state index contributed by atoms with van der Waals surface area (Å²) in [4.78, 5) is 11.9. The minimum Gasteiger partial charge on any atom is -0.496 e. The zero-order valence-corrected chi connectivity index (χ0v) is 11.2. The van der Waals surface area contributed by atoms with Crippen LogP contribution in [0.3, 0.4) is 0 Å². The van der Waals surface area contributed by atoms with E-state index in [1.54, 1.807) is 7.11 Å². The van der Waals surface area contributed by atoms with E-state index in [0.29, 0.717) is 12.8 Å². The summed E-state index contributed by atoms with van der Waals surface area (Å²) in [5, 5.41) is 0. The van der Waals surface area contributed by atoms with Crippen LogP contribution >= 0.6 is 0 Å². The van der Waals surface area contributed by atoms with Crippen molar-refractivity contribution in [3.63, 3.8) is 0 Å². The maximum Gasteiger partial charge on any atom is 0.137 e. The van der Waals surface area contributed by atoms with Crippen LogP contribution in [0.4, 0.5) is 0 Å². The van der Waals surface area contributed by atoms with Gasteiger partial charge in [0.25, 0.3) is 0 Å². The zero-order chi connectivity index (χ0) is 12.9. The third kappa shape index (κ3) is 5.03. The normalized spacial score (nSPS) is 11.3. The first-order valence-corrected chi connectivity index (χ1v) is 6.06. The molecule has 94 valence electrons. The molecule has 17 heavy (non-hydrogen) atoms. The summed E-state index contributed by atoms with van der Waals surface area (Å²) in [6.07, 6.45) is 2.04. The number of ether oxygens (including phenoxy) is 1. The number of carbonyl (C=O) groups is 1. The van der Waals surface area contributed by atoms with Crippen LogP contribution in [0.1, 0.15) is 39.2 Å². The van der Waals surface area contributed by atoms with E-state index < -0.39 is 0 Å². The molecule has 0 heterocycles. The third-order valence-corrected chi connectivity index (χ3v) is 2.73. The number of rotatable bonds is 5. The molecular weight excluding hydrogens is 212 g/mol. The maximum absolute atomic E-state index is 11.9. The molecule has 2 nitrogen and oxygen atoms in total. The zero-order valence-electron chi connectivity index (χ0n) is 11.2. The van der Waals surface area contributed by atoms with Crippen molar-refractivity contribution in [3.8, 4) is 5.75 Å². The fourth-order valence-electron chi connectivity index (χ4n) is 1.66. The summed E-state index contributed by atoms with van der Waals surface area (Å²) in [6.45, 7) is 6.47. The number of para-hydroxylation sites is 1. The van der Waals surface area contributed by atoms with Crippen LogP contribution < -0.4 is 4.74 Å². The number of hydrogen-bond acceptors (Lipinski definition) is 2. The standard InChI is InChI=1S/C15H22O2/c1-15(2,3)10-9-13(16)11-12-7-5-6-8-14(12)17-4/h5-8H,9-11H2,1-4H3. The van der Waals surface area contributed by atoms with E-state index >= 15 is 0 Å². The lowest BCUT2D eigenvalue weighted by atomic mass is 9.88. The Hall–Kier alpha value is -1.31. The second-order valence-corrected chi connectivity index (χ2v) is 5.59. The Balaban J connectivity index is 2.56. The van der Waals surface area contributed by atoms with Crippen LogP contribution in [-0.2, 0) is 11.2 Å². The van der Waals surface area contributed by atoms with E-state index in [2.05, 4.69) is 20.8 Å². The molecule has 0 saturated carbocycles. The summed E-state index contributed by atoms with van der Waals surface area (Å²) in [7, 11) is 1.64. The van der Waals surface area contributed by atoms with Gasteiger partial charge in [0.05, 0.1) is 7.11 Å². The van der Waals surface area contributed by atoms with Crippen LogP contribution in [0.15, 0.2) is 24.3 Å². The molecule has 0 atom stereocenters. The van der Waals surface area contributed by atoms with Gasteiger partial charge in [-0.05, 0) is 17.9 Å². The van der Waals surface area contributed by atoms with E-state index in [1.807, 2.05) is 24.3 Å². The predicted octanol–water partition coefficient (Wildman–Crippen LogP) is 3.63. The van der Waals surface area contributed by atoms with Crippen LogP contribution in [0.2, 0.25) is 0 Å². The van der Waals surface area contributed by atoms with Gasteiger partial charge in [-0.1, -0.05) is 39.0 Å². The van der Waals surface area contributed by atoms with Crippen molar-refractivity contribution in [1.29, 1.82) is 0 Å². The molecule has 1 rings (SSSR count). The third-order valence-electron chi connectivity index (χ3n) is 2.73. The highest BCUT2D eigenvalue weighted by atomic mass is 16.5. The molecular formula is C15H22O2. The molecule has 0 bridgehead atoms. The lowest BCUT2D eigenvalue weighted by Crippen LogP contribution is -2.11. The number of carbonyl (C=O) groups excluding carboxylic acids is 1. The Morgan fingerprint density at radius 2 is 1.88 bits per heavy atom. The lowest BCUT2D eigenvalue weighted by Gasteiger charge is -2.17. The highest BCUT2D eigenvalue weighted by molar-refractivity contribution is 5.81. The number of methoxy groups -OCH3 is 1. The van der Waals surface area contributed by atoms with Crippen LogP contribution in [-0.4, -0.2) is 12.9 Å². The quantitative estimate of drug-likeness (QED) is 0.777. The molecule has 0 aliphatic heterocycles. The van der Waals surface area contributed by atoms with E-state index in [4.69, 9.17) is 4.74 Å². The van der Waals surface area contributed by atoms with E-state index in [1.165, 1.54) is 0 Å². The van der Waals surface area contributed by atoms with E-state index in [-0.39, 0.29) is 11.2 Å². The minimum absolute atomic E-state index is 0.219. The van der Waals surface area contributed by atoms with Crippen molar-refractivity contribution in [2.75, 3.05) is 7.11 Å². The molecule has 0 aliphatic carbocycles. The van der Waals surface area contributed by atoms with Gasteiger partial charge in [-0.15, -0.1) is 0 Å². The SMILES string of the molecule is COc1ccccc1CC(=O)CCC(C)(C)C. The van der Waals surface area contributed by atoms with Crippen LogP contribution in [0, 0.1) is 5.41 Å². The predicted molar refractivity (Wildman–Crippen MR) is 70.4 cm³/mol. The second-order valence-electron chi connectivity index (χ2n) is 5.59. The van der Waals surface area contributed by atoms with Crippen molar-refractivity contribution < 1.29 is 9.53 Å². The summed E-state index contributed by atoms with van der Waals surface area (Å²) < 4.78 is 5.24. The topological polar surface area (TPSA) is 26.3 Å². The molecule has 0 aliphatic rings. The monoisotopic (exact) mass is 234 g/mol. The van der Waals surface area contributed by atoms with Gasteiger partial charge in [-0.2, -0.15) is 0 Å². The molecule has 2 heteroatoms. The van der Waals surface area contributed by atoms with Crippen LogP contribution in [0.5, 0.6) is 5.75 Å². The Bertz CT molecular complexity index is 375. The average Bonchev–Trinajstić information content (AvgIpc) is 2.26. The molecule has 0 amide bonds. The first-order valence-electron chi connectivity index (χ1n) is 6.06. The highest BCUT2D eigenvalue weighted by Crippen LogP contribution is 2.23. The molecule has 1 aromatic carbocycles. The van der Waals surface area contributed by atoms with Gasteiger partial charge in [0, 0.05) is 18.4 Å². The van der Waals surface area contributed by atoms with Gasteiger partial charge in [0.1, 0.15) is 11.5 Å². The summed E-state index contributed by atoms with van der Waals surface area (Å²) in [6, 6.07) is 7.71. The van der Waals surface area contributed by atoms with Crippen molar-refractivity contribution in [2.24, 2.45) is 5.41 Å². The van der Waals surface area contributed by atoms with Gasteiger partial charge in [0.15, 0.2) is 0 Å². The summed E-state index contributed by atoms with van der Waals surface area (Å²) >= 11 is 0. The number of hydrogen-bond donors (Lipinski definition) is 0. The van der Waals surface area contributed by atoms with Crippen molar-refractivity contribution >= 4 is 5.78 Å². The van der Waals surface area contributed by atoms with Gasteiger partial charge >= 0.3 is 0 Å². The largest absolute Gasteiger partial charge is 0.496 e. The molecule has 0 saturated heterocycles. The Kier molecular flexibility index (Phi) is 4.73. The summed E-state index contributed by atoms with van der Waals surface area (Å²) in [5.41, 5.74) is 1.20. The first-order chi connectivity index (χ1) is 7.92. The fraction of sp³-hybridized carbons (Fsp3) is 0.533. The van der Waals surface area contributed by atoms with Crippen molar-refractivity contribution in [2.45, 2.75) is 40.0 Å². The fourth-order valence-corrected chi connectivity index (χ4v) is 1.66. The van der Waals surface area contributed by atoms with E-state index in [0.717, 1.165) is 17.7 Å². The van der Waals surface area contributed by atoms with Gasteiger partial charge in [0.2, 0.25) is 0 Å². The van der Waals surface area contributed by atoms with E-state index in [9.17, 15) is 4.79 Å².